The Hall–Kier alpha value is -3.50. The highest BCUT2D eigenvalue weighted by molar-refractivity contribution is 6.30. The van der Waals surface area contributed by atoms with Gasteiger partial charge in [-0.05, 0) is 62.7 Å². The van der Waals surface area contributed by atoms with E-state index in [0.717, 1.165) is 45.2 Å². The summed E-state index contributed by atoms with van der Waals surface area (Å²) < 4.78 is 7.64. The first-order valence-electron chi connectivity index (χ1n) is 10.8. The zero-order valence-electron chi connectivity index (χ0n) is 19.3. The van der Waals surface area contributed by atoms with Gasteiger partial charge in [-0.1, -0.05) is 64.8 Å². The minimum absolute atomic E-state index is 0.426. The third-order valence-corrected chi connectivity index (χ3v) is 5.82. The number of halogens is 1. The van der Waals surface area contributed by atoms with Crippen LogP contribution >= 0.6 is 11.6 Å². The molecule has 1 heterocycles. The van der Waals surface area contributed by atoms with Crippen molar-refractivity contribution in [1.82, 2.24) is 4.57 Å². The van der Waals surface area contributed by atoms with Crippen LogP contribution in [-0.2, 0) is 11.4 Å². The molecule has 0 radical (unpaired) electrons. The first-order valence-corrected chi connectivity index (χ1v) is 11.2. The summed E-state index contributed by atoms with van der Waals surface area (Å²) in [5.41, 5.74) is 8.22. The molecule has 0 saturated heterocycles. The smallest absolute Gasteiger partial charge is 0.142 e. The normalized spacial score (nSPS) is 11.5. The van der Waals surface area contributed by atoms with Crippen molar-refractivity contribution >= 4 is 17.3 Å². The van der Waals surface area contributed by atoms with Crippen molar-refractivity contribution in [3.05, 3.63) is 106 Å². The number of methoxy groups -OCH3 is 1. The van der Waals surface area contributed by atoms with E-state index in [1.807, 2.05) is 61.5 Å². The third-order valence-electron chi connectivity index (χ3n) is 5.58. The first-order chi connectivity index (χ1) is 16.0. The molecule has 4 rings (SSSR count). The van der Waals surface area contributed by atoms with Crippen LogP contribution < -0.4 is 4.74 Å². The number of hydrogen-bond acceptors (Lipinski definition) is 3. The summed E-state index contributed by atoms with van der Waals surface area (Å²) in [6.45, 7) is 6.55. The van der Waals surface area contributed by atoms with Crippen LogP contribution in [0.1, 0.15) is 29.3 Å². The molecule has 5 heteroatoms. The number of aryl methyl sites for hydroxylation is 1. The fourth-order valence-corrected chi connectivity index (χ4v) is 4.16. The highest BCUT2D eigenvalue weighted by Crippen LogP contribution is 2.32. The lowest BCUT2D eigenvalue weighted by molar-refractivity contribution is 0.130. The van der Waals surface area contributed by atoms with Gasteiger partial charge >= 0.3 is 0 Å². The van der Waals surface area contributed by atoms with E-state index >= 15 is 0 Å². The minimum Gasteiger partial charge on any atom is -0.497 e. The lowest BCUT2D eigenvalue weighted by Gasteiger charge is -2.13. The third kappa shape index (κ3) is 5.12. The second-order valence-electron chi connectivity index (χ2n) is 8.02. The van der Waals surface area contributed by atoms with E-state index < -0.39 is 0 Å². The summed E-state index contributed by atoms with van der Waals surface area (Å²) in [7, 11) is 1.67. The van der Waals surface area contributed by atoms with Crippen LogP contribution in [0.5, 0.6) is 5.75 Å². The number of oxime groups is 1. The Kier molecular flexibility index (Phi) is 6.85. The van der Waals surface area contributed by atoms with Crippen LogP contribution in [-0.4, -0.2) is 17.4 Å². The van der Waals surface area contributed by atoms with Gasteiger partial charge in [0, 0.05) is 27.5 Å². The standard InChI is InChI=1S/C28H27ClN2O2/c1-19-8-5-9-22(14-19)18-33-30-20(2)27-17-28(23-10-6-13-26(15-23)32-4)31(21(27)3)25-12-7-11-24(29)16-25/h5-17H,18H2,1-4H3/b30-20-. The van der Waals surface area contributed by atoms with Crippen LogP contribution in [0.2, 0.25) is 5.02 Å². The molecule has 0 amide bonds. The summed E-state index contributed by atoms with van der Waals surface area (Å²) >= 11 is 6.32. The SMILES string of the molecule is COc1cccc(-c2cc(/C(C)=N\OCc3cccc(C)c3)c(C)n2-c2cccc(Cl)c2)c1. The average molecular weight is 459 g/mol. The number of rotatable bonds is 7. The second kappa shape index (κ2) is 9.97. The van der Waals surface area contributed by atoms with Gasteiger partial charge in [-0.2, -0.15) is 0 Å². The summed E-state index contributed by atoms with van der Waals surface area (Å²) in [6.07, 6.45) is 0. The van der Waals surface area contributed by atoms with Crippen LogP contribution in [0.15, 0.2) is 84.0 Å². The van der Waals surface area contributed by atoms with Crippen molar-refractivity contribution < 1.29 is 9.57 Å². The molecule has 0 aliphatic rings. The van der Waals surface area contributed by atoms with Crippen LogP contribution in [0.3, 0.4) is 0 Å². The molecule has 33 heavy (non-hydrogen) atoms. The quantitative estimate of drug-likeness (QED) is 0.214. The predicted molar refractivity (Wildman–Crippen MR) is 136 cm³/mol. The molecule has 0 unspecified atom stereocenters. The molecule has 168 valence electrons. The van der Waals surface area contributed by atoms with Gasteiger partial charge in [-0.15, -0.1) is 0 Å². The van der Waals surface area contributed by atoms with E-state index in [9.17, 15) is 0 Å². The molecule has 0 bridgehead atoms. The van der Waals surface area contributed by atoms with Gasteiger partial charge in [-0.25, -0.2) is 0 Å². The minimum atomic E-state index is 0.426. The fourth-order valence-electron chi connectivity index (χ4n) is 3.97. The Balaban J connectivity index is 1.74. The molecule has 1 aromatic heterocycles. The van der Waals surface area contributed by atoms with Gasteiger partial charge in [0.2, 0.25) is 0 Å². The Morgan fingerprint density at radius 3 is 2.48 bits per heavy atom. The molecule has 0 atom stereocenters. The molecule has 0 fully saturated rings. The molecule has 0 saturated carbocycles. The Bertz CT molecular complexity index is 1310. The Morgan fingerprint density at radius 2 is 1.73 bits per heavy atom. The summed E-state index contributed by atoms with van der Waals surface area (Å²) in [5.74, 6) is 0.803. The van der Waals surface area contributed by atoms with Gasteiger partial charge in [0.05, 0.1) is 18.5 Å². The van der Waals surface area contributed by atoms with Gasteiger partial charge in [0.15, 0.2) is 0 Å². The molecular weight excluding hydrogens is 432 g/mol. The summed E-state index contributed by atoms with van der Waals surface area (Å²) in [4.78, 5) is 5.70. The summed E-state index contributed by atoms with van der Waals surface area (Å²) in [6, 6.07) is 26.3. The molecule has 0 aliphatic heterocycles. The molecule has 3 aromatic carbocycles. The molecule has 0 N–H and O–H groups in total. The lowest BCUT2D eigenvalue weighted by Crippen LogP contribution is -2.02. The number of nitrogens with zero attached hydrogens (tertiary/aromatic N) is 2. The summed E-state index contributed by atoms with van der Waals surface area (Å²) in [5, 5.41) is 5.11. The van der Waals surface area contributed by atoms with E-state index in [-0.39, 0.29) is 0 Å². The monoisotopic (exact) mass is 458 g/mol. The van der Waals surface area contributed by atoms with Crippen molar-refractivity contribution in [1.29, 1.82) is 0 Å². The van der Waals surface area contributed by atoms with Crippen molar-refractivity contribution in [2.45, 2.75) is 27.4 Å². The predicted octanol–water partition coefficient (Wildman–Crippen LogP) is 7.36. The Morgan fingerprint density at radius 1 is 0.939 bits per heavy atom. The van der Waals surface area contributed by atoms with E-state index in [1.54, 1.807) is 7.11 Å². The van der Waals surface area contributed by atoms with Gasteiger partial charge in [0.25, 0.3) is 0 Å². The largest absolute Gasteiger partial charge is 0.497 e. The fraction of sp³-hybridized carbons (Fsp3) is 0.179. The van der Waals surface area contributed by atoms with Gasteiger partial charge < -0.3 is 14.1 Å². The number of ether oxygens (including phenoxy) is 1. The van der Waals surface area contributed by atoms with Crippen molar-refractivity contribution in [2.24, 2.45) is 5.16 Å². The highest BCUT2D eigenvalue weighted by atomic mass is 35.5. The maximum atomic E-state index is 6.32. The maximum Gasteiger partial charge on any atom is 0.142 e. The zero-order chi connectivity index (χ0) is 23.4. The molecular formula is C28H27ClN2O2. The number of benzene rings is 3. The van der Waals surface area contributed by atoms with Gasteiger partial charge in [0.1, 0.15) is 12.4 Å². The van der Waals surface area contributed by atoms with Crippen LogP contribution in [0.25, 0.3) is 16.9 Å². The van der Waals surface area contributed by atoms with Crippen molar-refractivity contribution in [3.63, 3.8) is 0 Å². The van der Waals surface area contributed by atoms with E-state index in [4.69, 9.17) is 21.2 Å². The van der Waals surface area contributed by atoms with Crippen LogP contribution in [0, 0.1) is 13.8 Å². The highest BCUT2D eigenvalue weighted by Gasteiger charge is 2.18. The van der Waals surface area contributed by atoms with Crippen molar-refractivity contribution in [3.8, 4) is 22.7 Å². The number of aromatic nitrogens is 1. The van der Waals surface area contributed by atoms with E-state index in [0.29, 0.717) is 11.6 Å². The second-order valence-corrected chi connectivity index (χ2v) is 8.45. The Labute approximate surface area is 200 Å². The molecule has 0 aliphatic carbocycles. The van der Waals surface area contributed by atoms with Gasteiger partial charge in [-0.3, -0.25) is 0 Å². The van der Waals surface area contributed by atoms with E-state index in [1.165, 1.54) is 5.56 Å². The van der Waals surface area contributed by atoms with Crippen molar-refractivity contribution in [2.75, 3.05) is 7.11 Å². The van der Waals surface area contributed by atoms with E-state index in [2.05, 4.69) is 47.8 Å². The molecule has 0 spiro atoms. The molecule has 4 nitrogen and oxygen atoms in total. The lowest BCUT2D eigenvalue weighted by atomic mass is 10.1. The molecule has 4 aromatic rings. The first kappa shape index (κ1) is 22.7. The number of hydrogen-bond donors (Lipinski definition) is 0. The zero-order valence-corrected chi connectivity index (χ0v) is 20.1. The average Bonchev–Trinajstić information content (AvgIpc) is 3.16. The topological polar surface area (TPSA) is 35.8 Å². The maximum absolute atomic E-state index is 6.32. The van der Waals surface area contributed by atoms with Crippen LogP contribution in [0.4, 0.5) is 0 Å².